The van der Waals surface area contributed by atoms with Crippen molar-refractivity contribution >= 4 is 46.2 Å². The van der Waals surface area contributed by atoms with Crippen LogP contribution in [0.15, 0.2) is 54.7 Å². The van der Waals surface area contributed by atoms with Crippen molar-refractivity contribution in [3.63, 3.8) is 0 Å². The summed E-state index contributed by atoms with van der Waals surface area (Å²) in [5.41, 5.74) is 4.51. The van der Waals surface area contributed by atoms with Gasteiger partial charge in [0.2, 0.25) is 0 Å². The highest BCUT2D eigenvalue weighted by Gasteiger charge is 2.27. The van der Waals surface area contributed by atoms with E-state index >= 15 is 0 Å². The van der Waals surface area contributed by atoms with Crippen LogP contribution < -0.4 is 5.32 Å². The molecule has 0 aliphatic carbocycles. The highest BCUT2D eigenvalue weighted by molar-refractivity contribution is 6.31. The van der Waals surface area contributed by atoms with E-state index in [0.29, 0.717) is 47.7 Å². The first-order valence-electron chi connectivity index (χ1n) is 11.8. The number of carbonyl (C=O) groups excluding carboxylic acids is 1. The minimum Gasteiger partial charge on any atom is -0.333 e. The van der Waals surface area contributed by atoms with Crippen molar-refractivity contribution in [1.82, 2.24) is 19.8 Å². The highest BCUT2D eigenvalue weighted by atomic mass is 35.5. The number of aryl methyl sites for hydroxylation is 1. The number of carbonyl (C=O) groups is 1. The Labute approximate surface area is 223 Å². The van der Waals surface area contributed by atoms with Gasteiger partial charge in [0.15, 0.2) is 0 Å². The zero-order chi connectivity index (χ0) is 26.1. The Morgan fingerprint density at radius 3 is 2.76 bits per heavy atom. The molecule has 0 saturated heterocycles. The van der Waals surface area contributed by atoms with Gasteiger partial charge in [0, 0.05) is 49.9 Å². The van der Waals surface area contributed by atoms with Gasteiger partial charge in [-0.25, -0.2) is 18.6 Å². The number of pyridine rings is 1. The summed E-state index contributed by atoms with van der Waals surface area (Å²) < 4.78 is 29.9. The number of halogens is 4. The number of nitrogens with zero attached hydrogens (tertiary/aromatic N) is 3. The zero-order valence-electron chi connectivity index (χ0n) is 20.1. The second-order valence-corrected chi connectivity index (χ2v) is 9.88. The summed E-state index contributed by atoms with van der Waals surface area (Å²) in [5, 5.41) is 3.89. The molecule has 190 valence electrons. The van der Waals surface area contributed by atoms with Gasteiger partial charge >= 0.3 is 6.03 Å². The molecule has 5 rings (SSSR count). The fourth-order valence-corrected chi connectivity index (χ4v) is 5.01. The summed E-state index contributed by atoms with van der Waals surface area (Å²) >= 11 is 12.1. The van der Waals surface area contributed by atoms with Crippen LogP contribution in [0.1, 0.15) is 27.9 Å². The Bertz CT molecular complexity index is 1530. The Morgan fingerprint density at radius 2 is 1.97 bits per heavy atom. The maximum Gasteiger partial charge on any atom is 0.326 e. The molecule has 1 amide bonds. The maximum absolute atomic E-state index is 14.5. The summed E-state index contributed by atoms with van der Waals surface area (Å²) in [6, 6.07) is 11.2. The second-order valence-electron chi connectivity index (χ2n) is 9.09. The van der Waals surface area contributed by atoms with Crippen LogP contribution in [0, 0.1) is 18.6 Å². The fraction of sp³-hybridized carbons (Fsp3) is 0.214. The van der Waals surface area contributed by atoms with Crippen LogP contribution in [0.5, 0.6) is 0 Å². The van der Waals surface area contributed by atoms with Gasteiger partial charge in [0.25, 0.3) is 0 Å². The van der Waals surface area contributed by atoms with Gasteiger partial charge in [-0.3, -0.25) is 9.47 Å². The lowest BCUT2D eigenvalue weighted by atomic mass is 10.0. The summed E-state index contributed by atoms with van der Waals surface area (Å²) in [6.07, 6.45) is 6.06. The minimum absolute atomic E-state index is 0.0394. The average molecular weight is 541 g/mol. The van der Waals surface area contributed by atoms with Crippen molar-refractivity contribution in [1.29, 1.82) is 0 Å². The maximum atomic E-state index is 14.5. The summed E-state index contributed by atoms with van der Waals surface area (Å²) in [5.74, 6) is -0.761. The van der Waals surface area contributed by atoms with E-state index in [9.17, 15) is 13.6 Å². The number of aromatic nitrogens is 2. The van der Waals surface area contributed by atoms with Crippen molar-refractivity contribution in [3.05, 3.63) is 104 Å². The molecule has 5 nitrogen and oxygen atoms in total. The molecule has 0 fully saturated rings. The van der Waals surface area contributed by atoms with Gasteiger partial charge in [-0.05, 0) is 59.5 Å². The summed E-state index contributed by atoms with van der Waals surface area (Å²) in [6.45, 7) is 3.88. The van der Waals surface area contributed by atoms with Crippen molar-refractivity contribution < 1.29 is 13.6 Å². The fourth-order valence-electron chi connectivity index (χ4n) is 4.65. The molecular weight excluding hydrogens is 517 g/mol. The quantitative estimate of drug-likeness (QED) is 0.284. The number of nitrogens with one attached hydrogen (secondary N) is 1. The molecular formula is C28H24Cl2F2N4O. The van der Waals surface area contributed by atoms with Crippen molar-refractivity contribution in [3.8, 4) is 0 Å². The molecule has 1 N–H and O–H groups in total. The van der Waals surface area contributed by atoms with E-state index in [-0.39, 0.29) is 23.4 Å². The largest absolute Gasteiger partial charge is 0.333 e. The monoisotopic (exact) mass is 540 g/mol. The molecule has 9 heteroatoms. The van der Waals surface area contributed by atoms with Crippen LogP contribution in [-0.2, 0) is 19.5 Å². The van der Waals surface area contributed by atoms with Crippen LogP contribution in [-0.4, -0.2) is 33.6 Å². The number of rotatable bonds is 5. The van der Waals surface area contributed by atoms with E-state index in [1.165, 1.54) is 18.2 Å². The van der Waals surface area contributed by atoms with E-state index in [4.69, 9.17) is 23.2 Å². The van der Waals surface area contributed by atoms with E-state index < -0.39 is 5.82 Å². The molecule has 4 aromatic rings. The van der Waals surface area contributed by atoms with Crippen LogP contribution in [0.25, 0.3) is 17.0 Å². The Hall–Kier alpha value is -3.26. The zero-order valence-corrected chi connectivity index (χ0v) is 21.6. The van der Waals surface area contributed by atoms with Crippen LogP contribution in [0.4, 0.5) is 13.6 Å². The molecule has 2 aromatic carbocycles. The molecule has 1 aliphatic heterocycles. The molecule has 3 heterocycles. The lowest BCUT2D eigenvalue weighted by molar-refractivity contribution is 0.240. The third kappa shape index (κ3) is 5.39. The van der Waals surface area contributed by atoms with Crippen molar-refractivity contribution in [2.24, 2.45) is 0 Å². The van der Waals surface area contributed by atoms with E-state index in [2.05, 4.69) is 15.2 Å². The number of amides is 1. The number of fused-ring (bicyclic) bond motifs is 3. The first-order chi connectivity index (χ1) is 17.8. The highest BCUT2D eigenvalue weighted by Crippen LogP contribution is 2.34. The number of benzene rings is 2. The molecule has 2 aromatic heterocycles. The van der Waals surface area contributed by atoms with Crippen LogP contribution in [0.3, 0.4) is 0 Å². The van der Waals surface area contributed by atoms with E-state index in [1.807, 2.05) is 18.2 Å². The smallest absolute Gasteiger partial charge is 0.326 e. The first-order valence-corrected chi connectivity index (χ1v) is 12.6. The van der Waals surface area contributed by atoms with E-state index in [1.54, 1.807) is 35.9 Å². The van der Waals surface area contributed by atoms with E-state index in [0.717, 1.165) is 22.4 Å². The van der Waals surface area contributed by atoms with Crippen LogP contribution >= 0.6 is 23.2 Å². The lowest BCUT2D eigenvalue weighted by Crippen LogP contribution is -2.34. The molecule has 0 spiro atoms. The third-order valence-electron chi connectivity index (χ3n) is 6.58. The molecule has 0 bridgehead atoms. The number of hydrogen-bond acceptors (Lipinski definition) is 3. The molecule has 0 saturated carbocycles. The summed E-state index contributed by atoms with van der Waals surface area (Å²) in [7, 11) is 0. The molecule has 1 aliphatic rings. The second kappa shape index (κ2) is 10.6. The molecule has 37 heavy (non-hydrogen) atoms. The Kier molecular flexibility index (Phi) is 7.29. The third-order valence-corrected chi connectivity index (χ3v) is 7.07. The first kappa shape index (κ1) is 25.4. The van der Waals surface area contributed by atoms with Gasteiger partial charge < -0.3 is 5.32 Å². The number of hydrogen-bond donors (Lipinski definition) is 1. The van der Waals surface area contributed by atoms with Crippen LogP contribution in [0.2, 0.25) is 10.2 Å². The Balaban J connectivity index is 1.39. The predicted octanol–water partition coefficient (Wildman–Crippen LogP) is 6.76. The molecule has 0 atom stereocenters. The standard InChI is InChI=1S/C28H24Cl2F2N4O/c1-17-4-5-18(11-23(17)31)3-2-9-35-10-7-25-21(16-35)20-13-24(32)22(29)14-26(20)36(25)28(37)34-15-19-6-8-33-27(30)12-19/h2-6,8,11-14H,7,9-10,15-16H2,1H3,(H,34,37)/b3-2+. The van der Waals surface area contributed by atoms with Gasteiger partial charge in [0.1, 0.15) is 16.8 Å². The van der Waals surface area contributed by atoms with Crippen molar-refractivity contribution in [2.45, 2.75) is 26.4 Å². The average Bonchev–Trinajstić information content (AvgIpc) is 3.17. The SMILES string of the molecule is Cc1ccc(/C=C/CN2CCc3c(c4cc(F)c(Cl)cc4n3C(=O)NCc3ccnc(Cl)c3)C2)cc1F. The van der Waals surface area contributed by atoms with Gasteiger partial charge in [-0.15, -0.1) is 0 Å². The predicted molar refractivity (Wildman–Crippen MR) is 143 cm³/mol. The summed E-state index contributed by atoms with van der Waals surface area (Å²) in [4.78, 5) is 19.5. The van der Waals surface area contributed by atoms with Crippen molar-refractivity contribution in [2.75, 3.05) is 13.1 Å². The Morgan fingerprint density at radius 1 is 1.14 bits per heavy atom. The van der Waals surface area contributed by atoms with Gasteiger partial charge in [0.05, 0.1) is 10.5 Å². The normalized spacial score (nSPS) is 13.9. The topological polar surface area (TPSA) is 50.2 Å². The lowest BCUT2D eigenvalue weighted by Gasteiger charge is -2.27. The minimum atomic E-state index is -0.528. The van der Waals surface area contributed by atoms with Gasteiger partial charge in [-0.2, -0.15) is 0 Å². The molecule has 0 unspecified atom stereocenters. The molecule has 0 radical (unpaired) electrons. The van der Waals surface area contributed by atoms with Gasteiger partial charge in [-0.1, -0.05) is 47.5 Å².